The molecule has 1 aromatic heterocycles. The van der Waals surface area contributed by atoms with Crippen LogP contribution < -0.4 is 5.32 Å². The van der Waals surface area contributed by atoms with Crippen LogP contribution in [0.25, 0.3) is 10.8 Å². The van der Waals surface area contributed by atoms with Crippen LogP contribution >= 0.6 is 0 Å². The van der Waals surface area contributed by atoms with Gasteiger partial charge in [0.25, 0.3) is 0 Å². The maximum absolute atomic E-state index is 5.78. The smallest absolute Gasteiger partial charge is 0.114 e. The van der Waals surface area contributed by atoms with E-state index in [4.69, 9.17) is 4.42 Å². The lowest BCUT2D eigenvalue weighted by Crippen LogP contribution is -2.26. The van der Waals surface area contributed by atoms with Gasteiger partial charge >= 0.3 is 0 Å². The molecule has 1 aliphatic heterocycles. The molecule has 0 radical (unpaired) electrons. The number of piperidine rings is 1. The predicted molar refractivity (Wildman–Crippen MR) is 65.8 cm³/mol. The largest absolute Gasteiger partial charge is 0.468 e. The van der Waals surface area contributed by atoms with Crippen LogP contribution in [0.3, 0.4) is 0 Å². The molecule has 1 aliphatic rings. The molecule has 0 atom stereocenters. The van der Waals surface area contributed by atoms with Gasteiger partial charge in [0.2, 0.25) is 0 Å². The van der Waals surface area contributed by atoms with Crippen LogP contribution in [0, 0.1) is 6.92 Å². The van der Waals surface area contributed by atoms with Crippen LogP contribution in [-0.4, -0.2) is 13.1 Å². The Bertz CT molecular complexity index is 494. The van der Waals surface area contributed by atoms with E-state index in [2.05, 4.69) is 30.4 Å². The van der Waals surface area contributed by atoms with Crippen molar-refractivity contribution in [1.29, 1.82) is 0 Å². The van der Waals surface area contributed by atoms with E-state index in [1.165, 1.54) is 34.9 Å². The summed E-state index contributed by atoms with van der Waals surface area (Å²) < 4.78 is 5.78. The van der Waals surface area contributed by atoms with Gasteiger partial charge in [-0.1, -0.05) is 17.7 Å². The van der Waals surface area contributed by atoms with Crippen molar-refractivity contribution in [1.82, 2.24) is 5.32 Å². The van der Waals surface area contributed by atoms with E-state index in [-0.39, 0.29) is 0 Å². The molecule has 0 amide bonds. The number of fused-ring (bicyclic) bond motifs is 1. The summed E-state index contributed by atoms with van der Waals surface area (Å²) in [5, 5.41) is 5.94. The number of aryl methyl sites for hydroxylation is 1. The molecule has 1 saturated heterocycles. The highest BCUT2D eigenvalue weighted by Gasteiger charge is 2.20. The molecular weight excluding hydrogens is 198 g/mol. The van der Waals surface area contributed by atoms with Crippen LogP contribution in [0.15, 0.2) is 28.9 Å². The number of hydrogen-bond acceptors (Lipinski definition) is 2. The van der Waals surface area contributed by atoms with E-state index in [1.54, 1.807) is 0 Å². The van der Waals surface area contributed by atoms with Crippen LogP contribution in [0.2, 0.25) is 0 Å². The van der Waals surface area contributed by atoms with E-state index in [1.807, 2.05) is 6.26 Å². The molecule has 3 rings (SSSR count). The zero-order valence-electron chi connectivity index (χ0n) is 9.62. The van der Waals surface area contributed by atoms with Gasteiger partial charge in [-0.3, -0.25) is 0 Å². The minimum atomic E-state index is 0.599. The summed E-state index contributed by atoms with van der Waals surface area (Å²) in [4.78, 5) is 0. The normalized spacial score (nSPS) is 18.1. The third kappa shape index (κ3) is 1.63. The van der Waals surface area contributed by atoms with Crippen molar-refractivity contribution in [2.75, 3.05) is 13.1 Å². The Balaban J connectivity index is 2.03. The predicted octanol–water partition coefficient (Wildman–Crippen LogP) is 3.21. The van der Waals surface area contributed by atoms with Gasteiger partial charge in [-0.2, -0.15) is 0 Å². The molecular formula is C14H17NO. The zero-order chi connectivity index (χ0) is 11.0. The minimum Gasteiger partial charge on any atom is -0.468 e. The van der Waals surface area contributed by atoms with Gasteiger partial charge in [0.1, 0.15) is 5.76 Å². The van der Waals surface area contributed by atoms with Gasteiger partial charge in [-0.25, -0.2) is 0 Å². The summed E-state index contributed by atoms with van der Waals surface area (Å²) >= 11 is 0. The SMILES string of the molecule is Cc1ccc2c(C3CCNCC3)occ2c1. The fourth-order valence-corrected chi connectivity index (χ4v) is 2.59. The molecule has 2 heteroatoms. The zero-order valence-corrected chi connectivity index (χ0v) is 9.62. The molecule has 1 fully saturated rings. The number of rotatable bonds is 1. The lowest BCUT2D eigenvalue weighted by atomic mass is 9.93. The highest BCUT2D eigenvalue weighted by atomic mass is 16.3. The molecule has 16 heavy (non-hydrogen) atoms. The summed E-state index contributed by atoms with van der Waals surface area (Å²) in [6.45, 7) is 4.34. The van der Waals surface area contributed by atoms with Gasteiger partial charge in [0.05, 0.1) is 6.26 Å². The maximum Gasteiger partial charge on any atom is 0.114 e. The Morgan fingerprint density at radius 1 is 1.25 bits per heavy atom. The molecule has 84 valence electrons. The average Bonchev–Trinajstić information content (AvgIpc) is 2.73. The Labute approximate surface area is 95.6 Å². The second kappa shape index (κ2) is 3.95. The van der Waals surface area contributed by atoms with Crippen molar-refractivity contribution in [2.45, 2.75) is 25.7 Å². The van der Waals surface area contributed by atoms with Crippen molar-refractivity contribution >= 4 is 10.8 Å². The molecule has 0 unspecified atom stereocenters. The first kappa shape index (κ1) is 9.91. The first-order chi connectivity index (χ1) is 7.84. The lowest BCUT2D eigenvalue weighted by Gasteiger charge is -2.20. The van der Waals surface area contributed by atoms with E-state index >= 15 is 0 Å². The fourth-order valence-electron chi connectivity index (χ4n) is 2.59. The summed E-state index contributed by atoms with van der Waals surface area (Å²) in [6, 6.07) is 6.57. The summed E-state index contributed by atoms with van der Waals surface area (Å²) in [7, 11) is 0. The van der Waals surface area contributed by atoms with Crippen molar-refractivity contribution in [2.24, 2.45) is 0 Å². The Morgan fingerprint density at radius 2 is 2.06 bits per heavy atom. The number of hydrogen-bond donors (Lipinski definition) is 1. The molecule has 1 aromatic carbocycles. The molecule has 2 nitrogen and oxygen atoms in total. The molecule has 2 aromatic rings. The lowest BCUT2D eigenvalue weighted by molar-refractivity contribution is 0.389. The van der Waals surface area contributed by atoms with Crippen molar-refractivity contribution in [3.05, 3.63) is 35.8 Å². The summed E-state index contributed by atoms with van der Waals surface area (Å²) in [5.41, 5.74) is 1.30. The number of benzene rings is 1. The summed E-state index contributed by atoms with van der Waals surface area (Å²) in [5.74, 6) is 1.79. The fraction of sp³-hybridized carbons (Fsp3) is 0.429. The Hall–Kier alpha value is -1.28. The van der Waals surface area contributed by atoms with E-state index in [0.717, 1.165) is 13.1 Å². The van der Waals surface area contributed by atoms with Crippen LogP contribution in [0.1, 0.15) is 30.1 Å². The topological polar surface area (TPSA) is 25.2 Å². The second-order valence-corrected chi connectivity index (χ2v) is 4.71. The standard InChI is InChI=1S/C14H17NO/c1-10-2-3-13-12(8-10)9-16-14(13)11-4-6-15-7-5-11/h2-3,8-9,11,15H,4-7H2,1H3. The van der Waals surface area contributed by atoms with Crippen LogP contribution in [0.4, 0.5) is 0 Å². The highest BCUT2D eigenvalue weighted by Crippen LogP contribution is 2.33. The molecule has 0 saturated carbocycles. The monoisotopic (exact) mass is 215 g/mol. The average molecular weight is 215 g/mol. The van der Waals surface area contributed by atoms with E-state index < -0.39 is 0 Å². The quantitative estimate of drug-likeness (QED) is 0.790. The first-order valence-corrected chi connectivity index (χ1v) is 6.03. The first-order valence-electron chi connectivity index (χ1n) is 6.03. The maximum atomic E-state index is 5.78. The molecule has 0 aliphatic carbocycles. The van der Waals surface area contributed by atoms with E-state index in [0.29, 0.717) is 5.92 Å². The van der Waals surface area contributed by atoms with E-state index in [9.17, 15) is 0 Å². The number of furan rings is 1. The van der Waals surface area contributed by atoms with Gasteiger partial charge in [0.15, 0.2) is 0 Å². The van der Waals surface area contributed by atoms with Crippen molar-refractivity contribution in [3.63, 3.8) is 0 Å². The van der Waals surface area contributed by atoms with Gasteiger partial charge in [-0.05, 0) is 38.9 Å². The van der Waals surface area contributed by atoms with Crippen LogP contribution in [-0.2, 0) is 0 Å². The Kier molecular flexibility index (Phi) is 2.44. The molecule has 2 heterocycles. The highest BCUT2D eigenvalue weighted by molar-refractivity contribution is 5.85. The van der Waals surface area contributed by atoms with Gasteiger partial charge < -0.3 is 9.73 Å². The molecule has 1 N–H and O–H groups in total. The van der Waals surface area contributed by atoms with Crippen molar-refractivity contribution < 1.29 is 4.42 Å². The summed E-state index contributed by atoms with van der Waals surface area (Å²) in [6.07, 6.45) is 4.28. The Morgan fingerprint density at radius 3 is 2.88 bits per heavy atom. The van der Waals surface area contributed by atoms with Gasteiger partial charge in [-0.15, -0.1) is 0 Å². The van der Waals surface area contributed by atoms with Gasteiger partial charge in [0, 0.05) is 16.7 Å². The molecule has 0 spiro atoms. The van der Waals surface area contributed by atoms with Crippen LogP contribution in [0.5, 0.6) is 0 Å². The second-order valence-electron chi connectivity index (χ2n) is 4.71. The number of nitrogens with one attached hydrogen (secondary N) is 1. The van der Waals surface area contributed by atoms with Crippen molar-refractivity contribution in [3.8, 4) is 0 Å². The third-order valence-electron chi connectivity index (χ3n) is 3.50. The molecule has 0 bridgehead atoms. The minimum absolute atomic E-state index is 0.599. The third-order valence-corrected chi connectivity index (χ3v) is 3.50.